The Hall–Kier alpha value is -0.180. The summed E-state index contributed by atoms with van der Waals surface area (Å²) < 4.78 is 46.7. The predicted molar refractivity (Wildman–Crippen MR) is 71.8 cm³/mol. The van der Waals surface area contributed by atoms with Crippen molar-refractivity contribution in [2.45, 2.75) is 25.3 Å². The second kappa shape index (κ2) is 6.31. The first kappa shape index (κ1) is 15.9. The van der Waals surface area contributed by atoms with Crippen molar-refractivity contribution in [2.75, 3.05) is 37.9 Å². The summed E-state index contributed by atoms with van der Waals surface area (Å²) in [6.45, 7) is 0.723. The molecule has 0 saturated heterocycles. The maximum Gasteiger partial charge on any atom is 0.213 e. The standard InChI is InChI=1S/C10H22N2O4S2/c1-12(7-9-17(2,13)14)18(15,16)8-3-6-11-10-4-5-10/h10-11H,3-9H2,1-2H3. The van der Waals surface area contributed by atoms with Crippen LogP contribution in [0.2, 0.25) is 0 Å². The minimum Gasteiger partial charge on any atom is -0.314 e. The molecule has 0 aliphatic heterocycles. The molecule has 0 aromatic rings. The van der Waals surface area contributed by atoms with Gasteiger partial charge in [0.2, 0.25) is 10.0 Å². The molecule has 0 aromatic heterocycles. The van der Waals surface area contributed by atoms with Gasteiger partial charge in [-0.2, -0.15) is 0 Å². The quantitative estimate of drug-likeness (QED) is 0.577. The lowest BCUT2D eigenvalue weighted by Gasteiger charge is -2.16. The fourth-order valence-corrected chi connectivity index (χ4v) is 3.35. The molecule has 0 unspecified atom stereocenters. The Labute approximate surface area is 110 Å². The fourth-order valence-electron chi connectivity index (χ4n) is 1.44. The average Bonchev–Trinajstić information content (AvgIpc) is 3.03. The van der Waals surface area contributed by atoms with E-state index < -0.39 is 19.9 Å². The lowest BCUT2D eigenvalue weighted by atomic mass is 10.5. The molecule has 0 spiro atoms. The van der Waals surface area contributed by atoms with Crippen LogP contribution in [-0.2, 0) is 19.9 Å². The van der Waals surface area contributed by atoms with Gasteiger partial charge in [-0.05, 0) is 25.8 Å². The smallest absolute Gasteiger partial charge is 0.213 e. The van der Waals surface area contributed by atoms with Crippen molar-refractivity contribution in [3.8, 4) is 0 Å². The zero-order valence-corrected chi connectivity index (χ0v) is 12.6. The first-order valence-electron chi connectivity index (χ1n) is 6.06. The largest absolute Gasteiger partial charge is 0.314 e. The molecule has 108 valence electrons. The molecule has 0 heterocycles. The molecule has 1 aliphatic carbocycles. The van der Waals surface area contributed by atoms with Crippen molar-refractivity contribution >= 4 is 19.9 Å². The van der Waals surface area contributed by atoms with E-state index in [0.717, 1.165) is 10.6 Å². The summed E-state index contributed by atoms with van der Waals surface area (Å²) >= 11 is 0. The third-order valence-electron chi connectivity index (χ3n) is 2.84. The maximum absolute atomic E-state index is 11.8. The van der Waals surface area contributed by atoms with Gasteiger partial charge in [-0.15, -0.1) is 0 Å². The summed E-state index contributed by atoms with van der Waals surface area (Å²) in [6, 6.07) is 0.579. The number of hydrogen-bond acceptors (Lipinski definition) is 5. The monoisotopic (exact) mass is 298 g/mol. The molecule has 1 aliphatic rings. The van der Waals surface area contributed by atoms with Gasteiger partial charge in [0.15, 0.2) is 0 Å². The highest BCUT2D eigenvalue weighted by atomic mass is 32.2. The molecular weight excluding hydrogens is 276 g/mol. The van der Waals surface area contributed by atoms with Gasteiger partial charge < -0.3 is 5.32 Å². The van der Waals surface area contributed by atoms with Crippen LogP contribution in [0.5, 0.6) is 0 Å². The van der Waals surface area contributed by atoms with E-state index in [-0.39, 0.29) is 18.1 Å². The zero-order chi connectivity index (χ0) is 13.8. The van der Waals surface area contributed by atoms with Crippen molar-refractivity contribution in [1.29, 1.82) is 0 Å². The van der Waals surface area contributed by atoms with Gasteiger partial charge in [0.1, 0.15) is 9.84 Å². The van der Waals surface area contributed by atoms with Gasteiger partial charge in [0, 0.05) is 25.9 Å². The normalized spacial score (nSPS) is 17.3. The second-order valence-electron chi connectivity index (χ2n) is 4.85. The molecular formula is C10H22N2O4S2. The summed E-state index contributed by atoms with van der Waals surface area (Å²) in [6.07, 6.45) is 4.02. The molecule has 0 atom stereocenters. The number of hydrogen-bond donors (Lipinski definition) is 1. The van der Waals surface area contributed by atoms with Crippen LogP contribution in [-0.4, -0.2) is 65.1 Å². The number of nitrogens with one attached hydrogen (secondary N) is 1. The van der Waals surface area contributed by atoms with E-state index >= 15 is 0 Å². The Kier molecular flexibility index (Phi) is 5.57. The summed E-state index contributed by atoms with van der Waals surface area (Å²) in [7, 11) is -5.03. The molecule has 8 heteroatoms. The third-order valence-corrected chi connectivity index (χ3v) is 5.70. The van der Waals surface area contributed by atoms with Crippen LogP contribution < -0.4 is 5.32 Å². The Balaban J connectivity index is 2.26. The van der Waals surface area contributed by atoms with Crippen LogP contribution in [0.4, 0.5) is 0 Å². The summed E-state index contributed by atoms with van der Waals surface area (Å²) in [5, 5.41) is 3.25. The molecule has 1 rings (SSSR count). The van der Waals surface area contributed by atoms with Crippen molar-refractivity contribution < 1.29 is 16.8 Å². The van der Waals surface area contributed by atoms with Gasteiger partial charge in [-0.3, -0.25) is 0 Å². The molecule has 0 amide bonds. The zero-order valence-electron chi connectivity index (χ0n) is 10.9. The summed E-state index contributed by atoms with van der Waals surface area (Å²) in [4.78, 5) is 0. The molecule has 0 aromatic carbocycles. The van der Waals surface area contributed by atoms with Crippen LogP contribution in [0.3, 0.4) is 0 Å². The van der Waals surface area contributed by atoms with Crippen LogP contribution in [0.25, 0.3) is 0 Å². The molecule has 1 saturated carbocycles. The minimum atomic E-state index is -3.33. The number of rotatable bonds is 9. The average molecular weight is 298 g/mol. The molecule has 1 fully saturated rings. The van der Waals surface area contributed by atoms with Crippen LogP contribution in [0, 0.1) is 0 Å². The minimum absolute atomic E-state index is 0.0250. The summed E-state index contributed by atoms with van der Waals surface area (Å²) in [5.74, 6) is -0.0734. The van der Waals surface area contributed by atoms with Crippen molar-refractivity contribution in [1.82, 2.24) is 9.62 Å². The Morgan fingerprint density at radius 3 is 2.28 bits per heavy atom. The number of sulfone groups is 1. The number of sulfonamides is 1. The molecule has 6 nitrogen and oxygen atoms in total. The van der Waals surface area contributed by atoms with Gasteiger partial charge in [-0.1, -0.05) is 0 Å². The maximum atomic E-state index is 11.8. The molecule has 1 N–H and O–H groups in total. The van der Waals surface area contributed by atoms with E-state index in [2.05, 4.69) is 5.32 Å². The first-order valence-corrected chi connectivity index (χ1v) is 9.73. The Bertz CT molecular complexity index is 454. The van der Waals surface area contributed by atoms with E-state index in [1.54, 1.807) is 0 Å². The SMILES string of the molecule is CN(CCS(C)(=O)=O)S(=O)(=O)CCCNC1CC1. The van der Waals surface area contributed by atoms with E-state index in [1.807, 2.05) is 0 Å². The topological polar surface area (TPSA) is 83.6 Å². The summed E-state index contributed by atoms with van der Waals surface area (Å²) in [5.41, 5.74) is 0. The predicted octanol–water partition coefficient (Wildman–Crippen LogP) is -0.565. The second-order valence-corrected chi connectivity index (χ2v) is 9.30. The van der Waals surface area contributed by atoms with Crippen molar-refractivity contribution in [3.63, 3.8) is 0 Å². The lowest BCUT2D eigenvalue weighted by Crippen LogP contribution is -2.34. The Morgan fingerprint density at radius 1 is 1.17 bits per heavy atom. The van der Waals surface area contributed by atoms with E-state index in [9.17, 15) is 16.8 Å². The van der Waals surface area contributed by atoms with Crippen LogP contribution in [0.1, 0.15) is 19.3 Å². The highest BCUT2D eigenvalue weighted by Crippen LogP contribution is 2.18. The molecule has 0 bridgehead atoms. The van der Waals surface area contributed by atoms with E-state index in [1.165, 1.54) is 19.9 Å². The number of nitrogens with zero attached hydrogens (tertiary/aromatic N) is 1. The van der Waals surface area contributed by atoms with Gasteiger partial charge in [0.05, 0.1) is 11.5 Å². The lowest BCUT2D eigenvalue weighted by molar-refractivity contribution is 0.482. The van der Waals surface area contributed by atoms with Gasteiger partial charge in [-0.25, -0.2) is 21.1 Å². The fraction of sp³-hybridized carbons (Fsp3) is 1.00. The first-order chi connectivity index (χ1) is 8.21. The van der Waals surface area contributed by atoms with Crippen LogP contribution >= 0.6 is 0 Å². The highest BCUT2D eigenvalue weighted by molar-refractivity contribution is 7.91. The van der Waals surface area contributed by atoms with E-state index in [0.29, 0.717) is 19.0 Å². The van der Waals surface area contributed by atoms with Crippen molar-refractivity contribution in [3.05, 3.63) is 0 Å². The third kappa shape index (κ3) is 6.67. The molecule has 18 heavy (non-hydrogen) atoms. The van der Waals surface area contributed by atoms with Gasteiger partial charge >= 0.3 is 0 Å². The highest BCUT2D eigenvalue weighted by Gasteiger charge is 2.21. The van der Waals surface area contributed by atoms with E-state index in [4.69, 9.17) is 0 Å². The molecule has 0 radical (unpaired) electrons. The van der Waals surface area contributed by atoms with Gasteiger partial charge in [0.25, 0.3) is 0 Å². The van der Waals surface area contributed by atoms with Crippen molar-refractivity contribution in [2.24, 2.45) is 0 Å². The Morgan fingerprint density at radius 2 is 1.78 bits per heavy atom. The van der Waals surface area contributed by atoms with Crippen LogP contribution in [0.15, 0.2) is 0 Å².